The number of phosphoric ester groups is 1. The molecule has 22 heavy (non-hydrogen) atoms. The van der Waals surface area contributed by atoms with Crippen molar-refractivity contribution in [2.75, 3.05) is 13.2 Å². The van der Waals surface area contributed by atoms with Gasteiger partial charge in [-0.1, -0.05) is 0 Å². The maximum atomic E-state index is 13.3. The Morgan fingerprint density at radius 2 is 2.18 bits per heavy atom. The van der Waals surface area contributed by atoms with Crippen molar-refractivity contribution in [1.82, 2.24) is 10.2 Å². The molecule has 0 aromatic rings. The molecule has 0 aliphatic carbocycles. The van der Waals surface area contributed by atoms with Crippen LogP contribution in [-0.2, 0) is 18.6 Å². The molecular weight excluding hydrogens is 337 g/mol. The summed E-state index contributed by atoms with van der Waals surface area (Å²) in [5.74, 6) is -1.05. The molecule has 2 rings (SSSR count). The van der Waals surface area contributed by atoms with Crippen molar-refractivity contribution in [2.24, 2.45) is 0 Å². The van der Waals surface area contributed by atoms with E-state index in [0.29, 0.717) is 0 Å². The van der Waals surface area contributed by atoms with E-state index in [1.54, 1.807) is 5.32 Å². The smallest absolute Gasteiger partial charge is 0.756 e. The zero-order valence-corrected chi connectivity index (χ0v) is 14.4. The fraction of sp³-hybridized carbons (Fsp3) is 0.778. The molecular formula is C9H13FN2NaO8P. The van der Waals surface area contributed by atoms with Crippen LogP contribution in [0.5, 0.6) is 0 Å². The van der Waals surface area contributed by atoms with Gasteiger partial charge in [0, 0.05) is 6.42 Å². The number of imide groups is 1. The quantitative estimate of drug-likeness (QED) is 0.337. The number of halogens is 1. The molecule has 2 fully saturated rings. The predicted octanol–water partition coefficient (Wildman–Crippen LogP) is -5.17. The molecule has 5 atom stereocenters. The fourth-order valence-corrected chi connectivity index (χ4v) is 2.40. The van der Waals surface area contributed by atoms with Gasteiger partial charge in [0.05, 0.1) is 19.3 Å². The Hall–Kier alpha value is -0.100. The third-order valence-corrected chi connectivity index (χ3v) is 3.56. The van der Waals surface area contributed by atoms with Crippen molar-refractivity contribution in [3.05, 3.63) is 0 Å². The maximum absolute atomic E-state index is 13.3. The van der Waals surface area contributed by atoms with Crippen LogP contribution in [0, 0.1) is 0 Å². The fourth-order valence-electron chi connectivity index (χ4n) is 2.07. The van der Waals surface area contributed by atoms with Gasteiger partial charge in [-0.15, -0.1) is 0 Å². The topological polar surface area (TPSA) is 148 Å². The van der Waals surface area contributed by atoms with Crippen LogP contribution in [0.4, 0.5) is 9.18 Å². The summed E-state index contributed by atoms with van der Waals surface area (Å²) in [6.07, 6.45) is -5.36. The molecule has 13 heteroatoms. The Balaban J connectivity index is 0.00000242. The van der Waals surface area contributed by atoms with E-state index >= 15 is 0 Å². The molecule has 3 N–H and O–H groups in total. The van der Waals surface area contributed by atoms with Crippen LogP contribution in [0.3, 0.4) is 0 Å². The van der Waals surface area contributed by atoms with Crippen molar-refractivity contribution in [3.63, 3.8) is 0 Å². The maximum Gasteiger partial charge on any atom is 1.00 e. The van der Waals surface area contributed by atoms with Crippen LogP contribution in [0.25, 0.3) is 0 Å². The van der Waals surface area contributed by atoms with Crippen LogP contribution >= 0.6 is 7.82 Å². The number of rotatable bonds is 4. The normalized spacial score (nSPS) is 34.8. The van der Waals surface area contributed by atoms with Crippen molar-refractivity contribution in [3.8, 4) is 0 Å². The minimum absolute atomic E-state index is 0. The summed E-state index contributed by atoms with van der Waals surface area (Å²) < 4.78 is 33.1. The largest absolute Gasteiger partial charge is 1.00 e. The van der Waals surface area contributed by atoms with Crippen molar-refractivity contribution < 1.29 is 72.3 Å². The number of hydrogen-bond acceptors (Lipinski definition) is 7. The van der Waals surface area contributed by atoms with Crippen molar-refractivity contribution in [1.29, 1.82) is 0 Å². The van der Waals surface area contributed by atoms with E-state index in [-0.39, 0.29) is 36.0 Å². The number of ether oxygens (including phenoxy) is 1. The zero-order valence-electron chi connectivity index (χ0n) is 11.5. The number of nitrogens with zero attached hydrogens (tertiary/aromatic N) is 1. The average molecular weight is 350 g/mol. The number of hydrogen-bond donors (Lipinski definition) is 3. The molecule has 10 nitrogen and oxygen atoms in total. The first-order valence-corrected chi connectivity index (χ1v) is 7.44. The van der Waals surface area contributed by atoms with Gasteiger partial charge in [0.15, 0.2) is 6.17 Å². The molecule has 5 unspecified atom stereocenters. The van der Waals surface area contributed by atoms with Gasteiger partial charge < -0.3 is 24.2 Å². The molecule has 2 aliphatic heterocycles. The molecule has 120 valence electrons. The number of urea groups is 1. The van der Waals surface area contributed by atoms with Gasteiger partial charge in [-0.2, -0.15) is 0 Å². The van der Waals surface area contributed by atoms with Gasteiger partial charge in [0.2, 0.25) is 0 Å². The second kappa shape index (κ2) is 7.65. The summed E-state index contributed by atoms with van der Waals surface area (Å²) in [5.41, 5.74) is 0. The van der Waals surface area contributed by atoms with Gasteiger partial charge in [-0.05, 0) is 0 Å². The monoisotopic (exact) mass is 350 g/mol. The van der Waals surface area contributed by atoms with E-state index in [1.165, 1.54) is 0 Å². The number of alkyl halides is 1. The van der Waals surface area contributed by atoms with Gasteiger partial charge in [0.25, 0.3) is 13.7 Å². The molecule has 3 amide bonds. The summed E-state index contributed by atoms with van der Waals surface area (Å²) in [7, 11) is -4.97. The Labute approximate surface area is 146 Å². The van der Waals surface area contributed by atoms with Gasteiger partial charge in [-0.3, -0.25) is 19.6 Å². The molecule has 0 aromatic heterocycles. The molecule has 0 aromatic carbocycles. The van der Waals surface area contributed by atoms with E-state index in [2.05, 4.69) is 4.52 Å². The number of phosphoric acid groups is 1. The third kappa shape index (κ3) is 4.95. The van der Waals surface area contributed by atoms with Gasteiger partial charge in [0.1, 0.15) is 12.3 Å². The zero-order chi connectivity index (χ0) is 15.8. The Morgan fingerprint density at radius 1 is 1.55 bits per heavy atom. The van der Waals surface area contributed by atoms with Gasteiger partial charge in [-0.25, -0.2) is 9.18 Å². The number of aliphatic hydroxyl groups is 1. The van der Waals surface area contributed by atoms with Crippen LogP contribution < -0.4 is 39.8 Å². The van der Waals surface area contributed by atoms with Crippen LogP contribution in [0.1, 0.15) is 6.42 Å². The molecule has 0 spiro atoms. The predicted molar refractivity (Wildman–Crippen MR) is 60.2 cm³/mol. The Kier molecular flexibility index (Phi) is 6.93. The van der Waals surface area contributed by atoms with Gasteiger partial charge >= 0.3 is 35.6 Å². The third-order valence-electron chi connectivity index (χ3n) is 3.09. The number of carbonyl (C=O) groups excluding carboxylic acids is 2. The first-order chi connectivity index (χ1) is 9.67. The minimum Gasteiger partial charge on any atom is -0.756 e. The summed E-state index contributed by atoms with van der Waals surface area (Å²) in [6, 6.07) is -0.871. The van der Waals surface area contributed by atoms with Crippen molar-refractivity contribution >= 4 is 19.8 Å². The second-order valence-electron chi connectivity index (χ2n) is 4.61. The number of aliphatic hydroxyl groups excluding tert-OH is 1. The van der Waals surface area contributed by atoms with E-state index in [9.17, 15) is 28.5 Å². The van der Waals surface area contributed by atoms with Crippen LogP contribution in [-0.4, -0.2) is 64.6 Å². The van der Waals surface area contributed by atoms with Crippen molar-refractivity contribution in [2.45, 2.75) is 31.0 Å². The average Bonchev–Trinajstić information content (AvgIpc) is 2.72. The summed E-state index contributed by atoms with van der Waals surface area (Å²) in [4.78, 5) is 42.4. The van der Waals surface area contributed by atoms with E-state index in [0.717, 1.165) is 4.90 Å². The number of carbonyl (C=O) groups is 2. The standard InChI is InChI=1S/C9H14FN2O8P.Na/c10-4-2-12(9(15)11-8(4)14)7-1-5(13)6(20-7)3-19-21(16,17)18;/h4-7,13H,1-3H2,(H,11,14,15)(H2,16,17,18);/q;+1/p-1. The molecule has 2 aliphatic rings. The van der Waals surface area contributed by atoms with E-state index < -0.39 is 57.5 Å². The molecule has 0 radical (unpaired) electrons. The molecule has 0 saturated carbocycles. The Bertz CT molecular complexity index is 490. The number of amides is 3. The summed E-state index contributed by atoms with van der Waals surface area (Å²) in [6.45, 7) is -1.18. The minimum atomic E-state index is -4.97. The van der Waals surface area contributed by atoms with Crippen LogP contribution in [0.2, 0.25) is 0 Å². The first kappa shape index (κ1) is 19.9. The first-order valence-electron chi connectivity index (χ1n) is 5.95. The summed E-state index contributed by atoms with van der Waals surface area (Å²) >= 11 is 0. The second-order valence-corrected chi connectivity index (χ2v) is 5.81. The Morgan fingerprint density at radius 3 is 2.77 bits per heavy atom. The van der Waals surface area contributed by atoms with Crippen LogP contribution in [0.15, 0.2) is 0 Å². The molecule has 2 saturated heterocycles. The molecule has 2 heterocycles. The SMILES string of the molecule is O=C1NC(=O)N(C2CC(O)C(COP(=O)([O-])O)O2)CC1F.[Na+]. The van der Waals surface area contributed by atoms with E-state index in [1.807, 2.05) is 0 Å². The molecule has 0 bridgehead atoms. The summed E-state index contributed by atoms with van der Waals surface area (Å²) in [5, 5.41) is 11.5. The van der Waals surface area contributed by atoms with E-state index in [4.69, 9.17) is 9.63 Å². The number of nitrogens with one attached hydrogen (secondary N) is 1.